The van der Waals surface area contributed by atoms with Crippen LogP contribution >= 0.6 is 11.6 Å². The van der Waals surface area contributed by atoms with Crippen molar-refractivity contribution in [2.75, 3.05) is 0 Å². The zero-order valence-electron chi connectivity index (χ0n) is 6.71. The monoisotopic (exact) mass is 214 g/mol. The Morgan fingerprint density at radius 2 is 2.29 bits per heavy atom. The highest BCUT2D eigenvalue weighted by molar-refractivity contribution is 6.31. The van der Waals surface area contributed by atoms with Crippen LogP contribution < -0.4 is 0 Å². The number of nitrogens with zero attached hydrogens (tertiary/aromatic N) is 1. The Labute approximate surface area is 82.3 Å². The highest BCUT2D eigenvalue weighted by Crippen LogP contribution is 2.20. The van der Waals surface area contributed by atoms with E-state index in [0.717, 1.165) is 0 Å². The number of nitrogens with one attached hydrogen (secondary N) is 1. The molecule has 0 spiro atoms. The minimum absolute atomic E-state index is 0.0471. The van der Waals surface area contributed by atoms with Crippen LogP contribution in [0.2, 0.25) is 5.02 Å². The van der Waals surface area contributed by atoms with Crippen molar-refractivity contribution in [2.45, 2.75) is 0 Å². The van der Waals surface area contributed by atoms with Crippen molar-refractivity contribution >= 4 is 28.6 Å². The SMILES string of the molecule is O=C(O)c1cc2cc(Cl)c(F)nc2[nH]1. The first-order chi connectivity index (χ1) is 6.58. The largest absolute Gasteiger partial charge is 0.477 e. The zero-order chi connectivity index (χ0) is 10.3. The molecule has 2 aromatic rings. The van der Waals surface area contributed by atoms with Crippen molar-refractivity contribution in [2.24, 2.45) is 0 Å². The highest BCUT2D eigenvalue weighted by atomic mass is 35.5. The van der Waals surface area contributed by atoms with Crippen LogP contribution in [0.3, 0.4) is 0 Å². The van der Waals surface area contributed by atoms with Gasteiger partial charge in [0.15, 0.2) is 0 Å². The fourth-order valence-electron chi connectivity index (χ4n) is 1.13. The molecular weight excluding hydrogens is 211 g/mol. The van der Waals surface area contributed by atoms with E-state index in [1.807, 2.05) is 0 Å². The van der Waals surface area contributed by atoms with E-state index in [4.69, 9.17) is 16.7 Å². The van der Waals surface area contributed by atoms with E-state index in [1.165, 1.54) is 12.1 Å². The number of aromatic carboxylic acids is 1. The predicted molar refractivity (Wildman–Crippen MR) is 48.0 cm³/mol. The number of carboxylic acid groups (broad SMARTS) is 1. The standard InChI is InChI=1S/C8H4ClFN2O2/c9-4-1-3-2-5(8(13)14)11-7(3)12-6(4)10/h1-2H,(H,11,12)(H,13,14). The van der Waals surface area contributed by atoms with Crippen molar-refractivity contribution < 1.29 is 14.3 Å². The minimum Gasteiger partial charge on any atom is -0.477 e. The summed E-state index contributed by atoms with van der Waals surface area (Å²) in [6.45, 7) is 0. The summed E-state index contributed by atoms with van der Waals surface area (Å²) in [4.78, 5) is 16.5. The second-order valence-electron chi connectivity index (χ2n) is 2.69. The lowest BCUT2D eigenvalue weighted by Crippen LogP contribution is -1.95. The maximum Gasteiger partial charge on any atom is 0.352 e. The van der Waals surface area contributed by atoms with Gasteiger partial charge >= 0.3 is 5.97 Å². The maximum atomic E-state index is 12.8. The molecule has 0 aliphatic carbocycles. The number of halogens is 2. The number of carbonyl (C=O) groups is 1. The Kier molecular flexibility index (Phi) is 1.89. The summed E-state index contributed by atoms with van der Waals surface area (Å²) in [6, 6.07) is 2.66. The van der Waals surface area contributed by atoms with Crippen LogP contribution in [0.15, 0.2) is 12.1 Å². The Balaban J connectivity index is 2.72. The number of hydrogen-bond donors (Lipinski definition) is 2. The molecule has 2 heterocycles. The zero-order valence-corrected chi connectivity index (χ0v) is 7.47. The van der Waals surface area contributed by atoms with Gasteiger partial charge in [-0.25, -0.2) is 9.78 Å². The second-order valence-corrected chi connectivity index (χ2v) is 3.09. The lowest BCUT2D eigenvalue weighted by Gasteiger charge is -1.91. The number of aromatic amines is 1. The van der Waals surface area contributed by atoms with E-state index in [2.05, 4.69) is 9.97 Å². The van der Waals surface area contributed by atoms with Gasteiger partial charge in [0.2, 0.25) is 5.95 Å². The summed E-state index contributed by atoms with van der Waals surface area (Å²) < 4.78 is 12.8. The Bertz CT molecular complexity index is 484. The second kappa shape index (κ2) is 2.95. The van der Waals surface area contributed by atoms with Gasteiger partial charge in [0.05, 0.1) is 5.02 Å². The molecule has 0 atom stereocenters. The van der Waals surface area contributed by atoms with Gasteiger partial charge in [0, 0.05) is 5.39 Å². The summed E-state index contributed by atoms with van der Waals surface area (Å²) in [5.41, 5.74) is 0.124. The Morgan fingerprint density at radius 3 is 2.93 bits per heavy atom. The molecule has 72 valence electrons. The molecule has 2 aromatic heterocycles. The molecule has 6 heteroatoms. The van der Waals surface area contributed by atoms with Gasteiger partial charge in [0.25, 0.3) is 0 Å². The van der Waals surface area contributed by atoms with Crippen LogP contribution in [0, 0.1) is 5.95 Å². The van der Waals surface area contributed by atoms with Crippen molar-refractivity contribution in [1.29, 1.82) is 0 Å². The first-order valence-corrected chi connectivity index (χ1v) is 4.04. The van der Waals surface area contributed by atoms with Gasteiger partial charge in [0.1, 0.15) is 11.3 Å². The molecule has 0 amide bonds. The average Bonchev–Trinajstić information content (AvgIpc) is 2.48. The molecule has 0 radical (unpaired) electrons. The smallest absolute Gasteiger partial charge is 0.352 e. The fraction of sp³-hybridized carbons (Fsp3) is 0. The van der Waals surface area contributed by atoms with Crippen LogP contribution in [-0.4, -0.2) is 21.0 Å². The van der Waals surface area contributed by atoms with Gasteiger partial charge in [-0.15, -0.1) is 0 Å². The molecule has 0 saturated heterocycles. The third kappa shape index (κ3) is 1.31. The molecule has 4 nitrogen and oxygen atoms in total. The quantitative estimate of drug-likeness (QED) is 0.714. The van der Waals surface area contributed by atoms with E-state index >= 15 is 0 Å². The molecule has 2 N–H and O–H groups in total. The van der Waals surface area contributed by atoms with Crippen molar-refractivity contribution in [3.05, 3.63) is 28.8 Å². The number of aromatic nitrogens is 2. The van der Waals surface area contributed by atoms with Crippen LogP contribution in [0.5, 0.6) is 0 Å². The lowest BCUT2D eigenvalue weighted by molar-refractivity contribution is 0.0691. The topological polar surface area (TPSA) is 66.0 Å². The molecule has 0 aliphatic heterocycles. The molecule has 0 aliphatic rings. The lowest BCUT2D eigenvalue weighted by atomic mass is 10.3. The summed E-state index contributed by atoms with van der Waals surface area (Å²) in [7, 11) is 0. The first-order valence-electron chi connectivity index (χ1n) is 3.66. The molecule has 0 bridgehead atoms. The van der Waals surface area contributed by atoms with Crippen LogP contribution in [0.1, 0.15) is 10.5 Å². The van der Waals surface area contributed by atoms with Crippen molar-refractivity contribution in [1.82, 2.24) is 9.97 Å². The summed E-state index contributed by atoms with van der Waals surface area (Å²) in [5, 5.41) is 8.97. The summed E-state index contributed by atoms with van der Waals surface area (Å²) in [6.07, 6.45) is 0. The molecule has 0 unspecified atom stereocenters. The minimum atomic E-state index is -1.13. The van der Waals surface area contributed by atoms with Crippen LogP contribution in [0.4, 0.5) is 4.39 Å². The van der Waals surface area contributed by atoms with Gasteiger partial charge < -0.3 is 10.1 Å². The molecule has 0 fully saturated rings. The van der Waals surface area contributed by atoms with Gasteiger partial charge in [-0.3, -0.25) is 0 Å². The van der Waals surface area contributed by atoms with Gasteiger partial charge in [-0.05, 0) is 12.1 Å². The average molecular weight is 215 g/mol. The number of H-pyrrole nitrogens is 1. The first kappa shape index (κ1) is 8.96. The number of rotatable bonds is 1. The van der Waals surface area contributed by atoms with Crippen molar-refractivity contribution in [3.63, 3.8) is 0 Å². The summed E-state index contributed by atoms with van der Waals surface area (Å²) in [5.74, 6) is -1.95. The van der Waals surface area contributed by atoms with Crippen LogP contribution in [0.25, 0.3) is 11.0 Å². The maximum absolute atomic E-state index is 12.8. The third-order valence-electron chi connectivity index (χ3n) is 1.75. The third-order valence-corrected chi connectivity index (χ3v) is 2.01. The Hall–Kier alpha value is -1.62. The molecule has 14 heavy (non-hydrogen) atoms. The Morgan fingerprint density at radius 1 is 1.57 bits per heavy atom. The van der Waals surface area contributed by atoms with E-state index < -0.39 is 11.9 Å². The van der Waals surface area contributed by atoms with Crippen molar-refractivity contribution in [3.8, 4) is 0 Å². The van der Waals surface area contributed by atoms with E-state index in [9.17, 15) is 9.18 Å². The number of pyridine rings is 1. The van der Waals surface area contributed by atoms with Crippen LogP contribution in [-0.2, 0) is 0 Å². The molecule has 2 rings (SSSR count). The fourth-order valence-corrected chi connectivity index (χ4v) is 1.28. The molecule has 0 aromatic carbocycles. The van der Waals surface area contributed by atoms with E-state index in [-0.39, 0.29) is 16.4 Å². The van der Waals surface area contributed by atoms with Gasteiger partial charge in [-0.2, -0.15) is 4.39 Å². The normalized spacial score (nSPS) is 10.7. The number of fused-ring (bicyclic) bond motifs is 1. The highest BCUT2D eigenvalue weighted by Gasteiger charge is 2.10. The molecular formula is C8H4ClFN2O2. The van der Waals surface area contributed by atoms with E-state index in [0.29, 0.717) is 5.39 Å². The van der Waals surface area contributed by atoms with Gasteiger partial charge in [-0.1, -0.05) is 11.6 Å². The predicted octanol–water partition coefficient (Wildman–Crippen LogP) is 2.05. The molecule has 0 saturated carbocycles. The number of hydrogen-bond acceptors (Lipinski definition) is 2. The van der Waals surface area contributed by atoms with E-state index in [1.54, 1.807) is 0 Å². The number of carboxylic acids is 1. The summed E-state index contributed by atoms with van der Waals surface area (Å²) >= 11 is 5.48.